The standard InChI is InChI=1S/C23H29N3O5/c1-16-7-8-21(30-3)20(13-16)23(9-11-31-12-10-23)15-24-17(2)22(27)25-18-5-4-6-19(14-18)26(28)29/h4-8,13-14,17,24H,9-12,15H2,1-3H3,(H,25,27). The first kappa shape index (κ1) is 22.7. The number of nitro groups is 1. The Bertz CT molecular complexity index is 941. The van der Waals surface area contributed by atoms with E-state index in [9.17, 15) is 14.9 Å². The number of carbonyl (C=O) groups excluding carboxylic acids is 1. The Labute approximate surface area is 182 Å². The number of ether oxygens (including phenoxy) is 2. The molecule has 1 aliphatic rings. The molecule has 8 nitrogen and oxygen atoms in total. The molecule has 2 aromatic rings. The summed E-state index contributed by atoms with van der Waals surface area (Å²) in [5.74, 6) is 0.585. The van der Waals surface area contributed by atoms with E-state index in [2.05, 4.69) is 23.6 Å². The van der Waals surface area contributed by atoms with Crippen molar-refractivity contribution < 1.29 is 19.2 Å². The van der Waals surface area contributed by atoms with Crippen LogP contribution >= 0.6 is 0 Å². The van der Waals surface area contributed by atoms with Gasteiger partial charge in [-0.1, -0.05) is 23.8 Å². The molecule has 0 aliphatic carbocycles. The highest BCUT2D eigenvalue weighted by Gasteiger charge is 2.37. The summed E-state index contributed by atoms with van der Waals surface area (Å²) in [7, 11) is 1.67. The number of hydrogen-bond acceptors (Lipinski definition) is 6. The highest BCUT2D eigenvalue weighted by Crippen LogP contribution is 2.40. The molecular formula is C23H29N3O5. The molecular weight excluding hydrogens is 398 g/mol. The van der Waals surface area contributed by atoms with Crippen LogP contribution in [0.3, 0.4) is 0 Å². The van der Waals surface area contributed by atoms with E-state index in [1.54, 1.807) is 26.2 Å². The lowest BCUT2D eigenvalue weighted by Crippen LogP contribution is -2.48. The molecule has 0 radical (unpaired) electrons. The monoisotopic (exact) mass is 427 g/mol. The van der Waals surface area contributed by atoms with E-state index in [4.69, 9.17) is 9.47 Å². The first-order chi connectivity index (χ1) is 14.8. The number of rotatable bonds is 8. The number of aryl methyl sites for hydroxylation is 1. The average molecular weight is 428 g/mol. The van der Waals surface area contributed by atoms with E-state index in [1.807, 2.05) is 12.1 Å². The van der Waals surface area contributed by atoms with Crippen LogP contribution < -0.4 is 15.4 Å². The first-order valence-corrected chi connectivity index (χ1v) is 10.4. The van der Waals surface area contributed by atoms with E-state index in [0.29, 0.717) is 25.4 Å². The molecule has 1 aliphatic heterocycles. The first-order valence-electron chi connectivity index (χ1n) is 10.4. The fourth-order valence-electron chi connectivity index (χ4n) is 3.93. The van der Waals surface area contributed by atoms with Crippen LogP contribution in [-0.4, -0.2) is 43.7 Å². The summed E-state index contributed by atoms with van der Waals surface area (Å²) in [4.78, 5) is 23.2. The minimum Gasteiger partial charge on any atom is -0.496 e. The van der Waals surface area contributed by atoms with E-state index < -0.39 is 11.0 Å². The summed E-state index contributed by atoms with van der Waals surface area (Å²) in [6, 6.07) is 11.6. The molecule has 1 unspecified atom stereocenters. The smallest absolute Gasteiger partial charge is 0.271 e. The number of non-ortho nitro benzene ring substituents is 1. The molecule has 1 fully saturated rings. The average Bonchev–Trinajstić information content (AvgIpc) is 2.78. The maximum atomic E-state index is 12.7. The Balaban J connectivity index is 1.73. The fraction of sp³-hybridized carbons (Fsp3) is 0.435. The number of anilines is 1. The van der Waals surface area contributed by atoms with Crippen LogP contribution in [0.2, 0.25) is 0 Å². The van der Waals surface area contributed by atoms with E-state index >= 15 is 0 Å². The molecule has 1 atom stereocenters. The van der Waals surface area contributed by atoms with Gasteiger partial charge in [0.15, 0.2) is 0 Å². The SMILES string of the molecule is COc1ccc(C)cc1C1(CNC(C)C(=O)Nc2cccc([N+](=O)[O-])c2)CCOCC1. The van der Waals surface area contributed by atoms with Crippen LogP contribution in [0.5, 0.6) is 5.75 Å². The van der Waals surface area contributed by atoms with E-state index in [-0.39, 0.29) is 17.0 Å². The van der Waals surface area contributed by atoms with Gasteiger partial charge in [0.25, 0.3) is 5.69 Å². The molecule has 1 saturated heterocycles. The van der Waals surface area contributed by atoms with Gasteiger partial charge >= 0.3 is 0 Å². The van der Waals surface area contributed by atoms with Crippen molar-refractivity contribution >= 4 is 17.3 Å². The molecule has 0 bridgehead atoms. The molecule has 0 aromatic heterocycles. The van der Waals surface area contributed by atoms with Gasteiger partial charge in [0.1, 0.15) is 5.75 Å². The molecule has 166 valence electrons. The van der Waals surface area contributed by atoms with E-state index in [0.717, 1.165) is 29.7 Å². The Morgan fingerprint density at radius 3 is 2.68 bits per heavy atom. The van der Waals surface area contributed by atoms with Gasteiger partial charge in [-0.15, -0.1) is 0 Å². The Morgan fingerprint density at radius 1 is 1.26 bits per heavy atom. The van der Waals surface area contributed by atoms with Crippen molar-refractivity contribution in [2.45, 2.75) is 38.1 Å². The lowest BCUT2D eigenvalue weighted by Gasteiger charge is -2.39. The molecule has 3 rings (SSSR count). The van der Waals surface area contributed by atoms with Gasteiger partial charge in [-0.25, -0.2) is 0 Å². The zero-order valence-electron chi connectivity index (χ0n) is 18.1. The van der Waals surface area contributed by atoms with Gasteiger partial charge in [0, 0.05) is 48.6 Å². The van der Waals surface area contributed by atoms with Gasteiger partial charge < -0.3 is 20.1 Å². The number of methoxy groups -OCH3 is 1. The van der Waals surface area contributed by atoms with Crippen molar-refractivity contribution in [1.82, 2.24) is 5.32 Å². The largest absolute Gasteiger partial charge is 0.496 e. The summed E-state index contributed by atoms with van der Waals surface area (Å²) >= 11 is 0. The summed E-state index contributed by atoms with van der Waals surface area (Å²) in [5.41, 5.74) is 2.39. The van der Waals surface area contributed by atoms with Crippen LogP contribution in [0.25, 0.3) is 0 Å². The van der Waals surface area contributed by atoms with Crippen LogP contribution in [0.1, 0.15) is 30.9 Å². The topological polar surface area (TPSA) is 103 Å². The minimum absolute atomic E-state index is 0.0638. The number of benzene rings is 2. The van der Waals surface area contributed by atoms with Crippen LogP contribution in [0.15, 0.2) is 42.5 Å². The number of hydrogen-bond donors (Lipinski definition) is 2. The Morgan fingerprint density at radius 2 is 2.00 bits per heavy atom. The summed E-state index contributed by atoms with van der Waals surface area (Å²) < 4.78 is 11.3. The molecule has 31 heavy (non-hydrogen) atoms. The number of nitrogens with one attached hydrogen (secondary N) is 2. The second-order valence-electron chi connectivity index (χ2n) is 8.00. The predicted molar refractivity (Wildman–Crippen MR) is 119 cm³/mol. The lowest BCUT2D eigenvalue weighted by atomic mass is 9.73. The van der Waals surface area contributed by atoms with Crippen LogP contribution in [0.4, 0.5) is 11.4 Å². The van der Waals surface area contributed by atoms with Crippen molar-refractivity contribution in [2.24, 2.45) is 0 Å². The minimum atomic E-state index is -0.491. The van der Waals surface area contributed by atoms with Gasteiger partial charge in [0.05, 0.1) is 18.1 Å². The van der Waals surface area contributed by atoms with Gasteiger partial charge in [-0.2, -0.15) is 0 Å². The summed E-state index contributed by atoms with van der Waals surface area (Å²) in [5, 5.41) is 17.1. The molecule has 2 N–H and O–H groups in total. The van der Waals surface area contributed by atoms with Crippen molar-refractivity contribution in [2.75, 3.05) is 32.2 Å². The zero-order chi connectivity index (χ0) is 22.4. The third-order valence-corrected chi connectivity index (χ3v) is 5.84. The zero-order valence-corrected chi connectivity index (χ0v) is 18.1. The van der Waals surface area contributed by atoms with Gasteiger partial charge in [-0.3, -0.25) is 14.9 Å². The number of nitro benzene ring substituents is 1. The second kappa shape index (κ2) is 9.89. The highest BCUT2D eigenvalue weighted by molar-refractivity contribution is 5.94. The van der Waals surface area contributed by atoms with Crippen LogP contribution in [0, 0.1) is 17.0 Å². The van der Waals surface area contributed by atoms with Crippen molar-refractivity contribution in [3.63, 3.8) is 0 Å². The third-order valence-electron chi connectivity index (χ3n) is 5.84. The third kappa shape index (κ3) is 5.39. The van der Waals surface area contributed by atoms with Crippen molar-refractivity contribution in [3.05, 3.63) is 63.7 Å². The lowest BCUT2D eigenvalue weighted by molar-refractivity contribution is -0.384. The Hall–Kier alpha value is -2.97. The predicted octanol–water partition coefficient (Wildman–Crippen LogP) is 3.58. The number of nitrogens with zero attached hydrogens (tertiary/aromatic N) is 1. The maximum absolute atomic E-state index is 12.7. The van der Waals surface area contributed by atoms with Crippen molar-refractivity contribution in [1.29, 1.82) is 0 Å². The number of carbonyl (C=O) groups is 1. The molecule has 8 heteroatoms. The van der Waals surface area contributed by atoms with Crippen molar-refractivity contribution in [3.8, 4) is 5.75 Å². The Kier molecular flexibility index (Phi) is 7.25. The highest BCUT2D eigenvalue weighted by atomic mass is 16.6. The van der Waals surface area contributed by atoms with Crippen LogP contribution in [-0.2, 0) is 14.9 Å². The summed E-state index contributed by atoms with van der Waals surface area (Å²) in [6.45, 7) is 5.71. The van der Waals surface area contributed by atoms with Gasteiger partial charge in [-0.05, 0) is 38.8 Å². The van der Waals surface area contributed by atoms with Gasteiger partial charge in [0.2, 0.25) is 5.91 Å². The number of amides is 1. The maximum Gasteiger partial charge on any atom is 0.271 e. The summed E-state index contributed by atoms with van der Waals surface area (Å²) in [6.07, 6.45) is 1.64. The van der Waals surface area contributed by atoms with E-state index in [1.165, 1.54) is 12.1 Å². The molecule has 0 saturated carbocycles. The molecule has 0 spiro atoms. The molecule has 2 aromatic carbocycles. The molecule has 1 amide bonds. The fourth-order valence-corrected chi connectivity index (χ4v) is 3.93. The molecule has 1 heterocycles. The quantitative estimate of drug-likeness (QED) is 0.493. The second-order valence-corrected chi connectivity index (χ2v) is 8.00. The normalized spacial score (nSPS) is 16.4.